The summed E-state index contributed by atoms with van der Waals surface area (Å²) in [6, 6.07) is 0. The maximum atomic E-state index is 6.60. The smallest absolute Gasteiger partial charge is 0.0650 e. The first kappa shape index (κ1) is 43.2. The summed E-state index contributed by atoms with van der Waals surface area (Å²) in [5.41, 5.74) is 4.98. The second kappa shape index (κ2) is 26.3. The van der Waals surface area contributed by atoms with Crippen LogP contribution in [0.25, 0.3) is 0 Å². The van der Waals surface area contributed by atoms with Crippen LogP contribution in [0, 0.1) is 10.8 Å². The van der Waals surface area contributed by atoms with Crippen molar-refractivity contribution in [2.24, 2.45) is 10.8 Å². The van der Waals surface area contributed by atoms with E-state index in [0.717, 1.165) is 0 Å². The van der Waals surface area contributed by atoms with Gasteiger partial charge in [0.15, 0.2) is 0 Å². The summed E-state index contributed by atoms with van der Waals surface area (Å²) in [5, 5.41) is 0. The maximum Gasteiger partial charge on any atom is 0.0650 e. The van der Waals surface area contributed by atoms with E-state index in [1.165, 1.54) is 27.9 Å². The van der Waals surface area contributed by atoms with Gasteiger partial charge in [0.1, 0.15) is 0 Å². The minimum Gasteiger partial charge on any atom is -0.380 e. The van der Waals surface area contributed by atoms with Crippen molar-refractivity contribution >= 4 is 0 Å². The Kier molecular flexibility index (Phi) is 25.2. The van der Waals surface area contributed by atoms with Crippen LogP contribution in [0.3, 0.4) is 0 Å². The van der Waals surface area contributed by atoms with Gasteiger partial charge in [0.05, 0.1) is 103 Å². The molecule has 0 N–H and O–H groups in total. The predicted octanol–water partition coefficient (Wildman–Crippen LogP) is 8.09. The molecule has 0 radical (unpaired) electrons. The van der Waals surface area contributed by atoms with Crippen molar-refractivity contribution in [3.63, 3.8) is 0 Å². The topological polar surface area (TPSA) is 64.6 Å². The van der Waals surface area contributed by atoms with Crippen LogP contribution in [0.1, 0.15) is 69.2 Å². The Hall–Kier alpha value is -1.84. The lowest BCUT2D eigenvalue weighted by Crippen LogP contribution is -2.46. The van der Waals surface area contributed by atoms with E-state index < -0.39 is 10.8 Å². The zero-order valence-electron chi connectivity index (χ0n) is 30.4. The number of rotatable bonds is 28. The van der Waals surface area contributed by atoms with Gasteiger partial charge in [-0.05, 0) is 69.2 Å². The average Bonchev–Trinajstić information content (AvgIpc) is 2.95. The highest BCUT2D eigenvalue weighted by Gasteiger charge is 2.36. The van der Waals surface area contributed by atoms with Crippen LogP contribution in [0.15, 0.2) is 70.9 Å². The van der Waals surface area contributed by atoms with Crippen LogP contribution >= 0.6 is 0 Å². The first-order chi connectivity index (χ1) is 21.4. The Morgan fingerprint density at radius 1 is 0.356 bits per heavy atom. The highest BCUT2D eigenvalue weighted by Crippen LogP contribution is 2.26. The van der Waals surface area contributed by atoms with Crippen LogP contribution in [-0.2, 0) is 33.2 Å². The molecule has 260 valence electrons. The summed E-state index contributed by atoms with van der Waals surface area (Å²) in [6.45, 7) is 30.7. The second-order valence-corrected chi connectivity index (χ2v) is 13.3. The van der Waals surface area contributed by atoms with E-state index in [1.807, 2.05) is 0 Å². The highest BCUT2D eigenvalue weighted by atomic mass is 16.5. The van der Waals surface area contributed by atoms with E-state index in [1.54, 1.807) is 6.08 Å². The monoisotopic (exact) mass is 634 g/mol. The predicted molar refractivity (Wildman–Crippen MR) is 188 cm³/mol. The van der Waals surface area contributed by atoms with Crippen LogP contribution in [0.5, 0.6) is 0 Å². The van der Waals surface area contributed by atoms with Gasteiger partial charge in [-0.2, -0.15) is 0 Å². The molecule has 0 heterocycles. The van der Waals surface area contributed by atoms with Crippen LogP contribution in [0.4, 0.5) is 0 Å². The first-order valence-electron chi connectivity index (χ1n) is 16.2. The number of hydrogen-bond acceptors (Lipinski definition) is 7. The van der Waals surface area contributed by atoms with Crippen molar-refractivity contribution in [2.75, 3.05) is 92.5 Å². The van der Waals surface area contributed by atoms with E-state index in [2.05, 4.69) is 106 Å². The van der Waals surface area contributed by atoms with Crippen molar-refractivity contribution in [3.05, 3.63) is 70.9 Å². The molecule has 0 atom stereocenters. The Bertz CT molecular complexity index is 838. The van der Waals surface area contributed by atoms with Gasteiger partial charge >= 0.3 is 0 Å². The molecule has 45 heavy (non-hydrogen) atoms. The van der Waals surface area contributed by atoms with Crippen LogP contribution in [-0.4, -0.2) is 92.5 Å². The van der Waals surface area contributed by atoms with Crippen molar-refractivity contribution in [1.29, 1.82) is 0 Å². The molecule has 0 saturated carbocycles. The van der Waals surface area contributed by atoms with Crippen molar-refractivity contribution < 1.29 is 33.2 Å². The summed E-state index contributed by atoms with van der Waals surface area (Å²) in [7, 11) is 0. The molecule has 0 fully saturated rings. The third-order valence-electron chi connectivity index (χ3n) is 6.55. The van der Waals surface area contributed by atoms with E-state index >= 15 is 0 Å². The van der Waals surface area contributed by atoms with E-state index in [9.17, 15) is 0 Å². The molecular formula is C38H66O7. The summed E-state index contributed by atoms with van der Waals surface area (Å²) in [4.78, 5) is 0. The van der Waals surface area contributed by atoms with E-state index in [-0.39, 0.29) is 0 Å². The largest absolute Gasteiger partial charge is 0.380 e. The molecule has 0 aliphatic rings. The molecule has 7 nitrogen and oxygen atoms in total. The zero-order chi connectivity index (χ0) is 34.0. The Morgan fingerprint density at radius 3 is 0.756 bits per heavy atom. The van der Waals surface area contributed by atoms with E-state index in [0.29, 0.717) is 92.5 Å². The maximum absolute atomic E-state index is 6.60. The van der Waals surface area contributed by atoms with Gasteiger partial charge in [0.2, 0.25) is 0 Å². The lowest BCUT2D eigenvalue weighted by atomic mass is 9.90. The van der Waals surface area contributed by atoms with Gasteiger partial charge in [0.25, 0.3) is 0 Å². The molecule has 0 aromatic rings. The van der Waals surface area contributed by atoms with Gasteiger partial charge in [-0.15, -0.1) is 6.58 Å². The highest BCUT2D eigenvalue weighted by molar-refractivity contribution is 4.96. The summed E-state index contributed by atoms with van der Waals surface area (Å²) < 4.78 is 43.5. The second-order valence-electron chi connectivity index (χ2n) is 13.3. The van der Waals surface area contributed by atoms with E-state index in [4.69, 9.17) is 33.2 Å². The van der Waals surface area contributed by atoms with Gasteiger partial charge in [-0.1, -0.05) is 64.3 Å². The summed E-state index contributed by atoms with van der Waals surface area (Å²) >= 11 is 0. The molecule has 0 saturated heterocycles. The van der Waals surface area contributed by atoms with Gasteiger partial charge in [0, 0.05) is 0 Å². The molecule has 0 bridgehead atoms. The Balaban J connectivity index is 6.14. The van der Waals surface area contributed by atoms with Gasteiger partial charge < -0.3 is 33.2 Å². The SMILES string of the molecule is C=CCOCC(COCC=C(C)C)(COCC=C(C)C)COCC(COCC=C(C)C)(COCC=C(C)C)COCC=C(C)C. The molecule has 0 aromatic heterocycles. The quantitative estimate of drug-likeness (QED) is 0.0637. The minimum atomic E-state index is -0.533. The number of allylic oxidation sites excluding steroid dienone is 5. The third kappa shape index (κ3) is 25.0. The normalized spacial score (nSPS) is 11.5. The third-order valence-corrected chi connectivity index (χ3v) is 6.55. The fraction of sp³-hybridized carbons (Fsp3) is 0.684. The molecule has 0 rings (SSSR count). The molecule has 0 aliphatic heterocycles. The number of hydrogen-bond donors (Lipinski definition) is 0. The molecule has 0 unspecified atom stereocenters. The first-order valence-corrected chi connectivity index (χ1v) is 16.2. The minimum absolute atomic E-state index is 0.367. The zero-order valence-corrected chi connectivity index (χ0v) is 30.4. The standard InChI is InChI=1S/C38H66O7/c1-12-18-39-24-37(25-40-19-13-32(2)3,26-41-20-14-33(4)5)30-45-31-38(27-42-21-15-34(6)7,28-43-22-16-35(8)9)29-44-23-17-36(10)11/h12-17H,1,18-31H2,2-11H3. The lowest BCUT2D eigenvalue weighted by molar-refractivity contribution is -0.135. The molecule has 0 aromatic carbocycles. The Labute approximate surface area is 276 Å². The lowest BCUT2D eigenvalue weighted by Gasteiger charge is -2.36. The average molecular weight is 635 g/mol. The summed E-state index contributed by atoms with van der Waals surface area (Å²) in [6.07, 6.45) is 12.1. The molecular weight excluding hydrogens is 568 g/mol. The fourth-order valence-corrected chi connectivity index (χ4v) is 3.85. The fourth-order valence-electron chi connectivity index (χ4n) is 3.85. The summed E-state index contributed by atoms with van der Waals surface area (Å²) in [5.74, 6) is 0. The van der Waals surface area contributed by atoms with Crippen molar-refractivity contribution in [1.82, 2.24) is 0 Å². The Morgan fingerprint density at radius 2 is 0.556 bits per heavy atom. The van der Waals surface area contributed by atoms with Crippen molar-refractivity contribution in [3.8, 4) is 0 Å². The van der Waals surface area contributed by atoms with Crippen LogP contribution < -0.4 is 0 Å². The van der Waals surface area contributed by atoms with Crippen molar-refractivity contribution in [2.45, 2.75) is 69.2 Å². The molecule has 0 amide bonds. The molecule has 0 spiro atoms. The van der Waals surface area contributed by atoms with Gasteiger partial charge in [-0.25, -0.2) is 0 Å². The van der Waals surface area contributed by atoms with Crippen LogP contribution in [0.2, 0.25) is 0 Å². The van der Waals surface area contributed by atoms with Gasteiger partial charge in [-0.3, -0.25) is 0 Å². The molecule has 7 heteroatoms. The molecule has 0 aliphatic carbocycles. The number of ether oxygens (including phenoxy) is 7.